The number of allylic oxidation sites excluding steroid dienone is 1. The second kappa shape index (κ2) is 5.00. The molecule has 1 saturated heterocycles. The third kappa shape index (κ3) is 2.65. The number of hydrogen-bond donors (Lipinski definition) is 1. The first kappa shape index (κ1) is 16.4. The minimum Gasteiger partial charge on any atom is -0.396 e. The second-order valence-corrected chi connectivity index (χ2v) is 7.51. The zero-order chi connectivity index (χ0) is 17.0. The molecule has 1 aliphatic heterocycles. The van der Waals surface area contributed by atoms with Gasteiger partial charge in [0.25, 0.3) is 5.92 Å². The van der Waals surface area contributed by atoms with Crippen LogP contribution < -0.4 is 5.73 Å². The molecule has 0 radical (unpaired) electrons. The lowest BCUT2D eigenvalue weighted by molar-refractivity contribution is -0.182. The van der Waals surface area contributed by atoms with Crippen LogP contribution in [0.1, 0.15) is 33.1 Å². The first-order valence-electron chi connectivity index (χ1n) is 7.90. The van der Waals surface area contributed by atoms with E-state index in [1.54, 1.807) is 19.9 Å². The Morgan fingerprint density at radius 3 is 2.65 bits per heavy atom. The highest BCUT2D eigenvalue weighted by Crippen LogP contribution is 2.45. The number of nitrogens with zero attached hydrogens (tertiary/aromatic N) is 1. The molecule has 0 aromatic carbocycles. The number of carbonyl (C=O) groups is 2. The molecule has 2 fully saturated rings. The van der Waals surface area contributed by atoms with Gasteiger partial charge in [0, 0.05) is 18.4 Å². The predicted octanol–water partition coefficient (Wildman–Crippen LogP) is 1.47. The van der Waals surface area contributed by atoms with Crippen LogP contribution in [0.15, 0.2) is 11.8 Å². The van der Waals surface area contributed by atoms with Crippen molar-refractivity contribution in [1.82, 2.24) is 4.90 Å². The Morgan fingerprint density at radius 1 is 1.43 bits per heavy atom. The quantitative estimate of drug-likeness (QED) is 0.791. The third-order valence-corrected chi connectivity index (χ3v) is 5.13. The van der Waals surface area contributed by atoms with E-state index in [0.29, 0.717) is 6.42 Å². The molecule has 2 atom stereocenters. The summed E-state index contributed by atoms with van der Waals surface area (Å²) in [6.07, 6.45) is 1.93. The average Bonchev–Trinajstić information content (AvgIpc) is 2.43. The Hall–Kier alpha value is -1.50. The van der Waals surface area contributed by atoms with Crippen LogP contribution in [0.5, 0.6) is 0 Å². The van der Waals surface area contributed by atoms with Crippen LogP contribution in [-0.4, -0.2) is 47.8 Å². The number of ether oxygens (including phenoxy) is 1. The molecule has 0 bridgehead atoms. The van der Waals surface area contributed by atoms with Gasteiger partial charge in [-0.15, -0.1) is 0 Å². The predicted molar refractivity (Wildman–Crippen MR) is 78.6 cm³/mol. The zero-order valence-electron chi connectivity index (χ0n) is 13.4. The summed E-state index contributed by atoms with van der Waals surface area (Å²) >= 11 is 0. The van der Waals surface area contributed by atoms with Gasteiger partial charge in [-0.2, -0.15) is 0 Å². The van der Waals surface area contributed by atoms with Gasteiger partial charge >= 0.3 is 0 Å². The molecule has 1 amide bonds. The van der Waals surface area contributed by atoms with Crippen LogP contribution in [0.25, 0.3) is 0 Å². The van der Waals surface area contributed by atoms with E-state index in [2.05, 4.69) is 0 Å². The summed E-state index contributed by atoms with van der Waals surface area (Å²) in [6.45, 7) is 4.26. The molecule has 0 aromatic rings. The maximum absolute atomic E-state index is 13.5. The van der Waals surface area contributed by atoms with Crippen molar-refractivity contribution in [3.63, 3.8) is 0 Å². The van der Waals surface area contributed by atoms with Crippen LogP contribution in [0.3, 0.4) is 0 Å². The summed E-state index contributed by atoms with van der Waals surface area (Å²) in [4.78, 5) is 26.0. The van der Waals surface area contributed by atoms with Gasteiger partial charge in [-0.25, -0.2) is 8.78 Å². The number of Topliss-reactive ketones (excluding diaryl/α,β-unsaturated/α-hetero) is 1. The van der Waals surface area contributed by atoms with Crippen molar-refractivity contribution in [2.45, 2.75) is 44.6 Å². The molecule has 2 unspecified atom stereocenters. The fraction of sp³-hybridized carbons (Fsp3) is 0.750. The summed E-state index contributed by atoms with van der Waals surface area (Å²) in [5, 5.41) is 0. The van der Waals surface area contributed by atoms with Crippen molar-refractivity contribution in [3.8, 4) is 0 Å². The first-order valence-corrected chi connectivity index (χ1v) is 7.90. The monoisotopic (exact) mass is 328 g/mol. The Bertz CT molecular complexity index is 588. The van der Waals surface area contributed by atoms with E-state index >= 15 is 0 Å². The first-order chi connectivity index (χ1) is 10.6. The molecule has 1 saturated carbocycles. The van der Waals surface area contributed by atoms with Gasteiger partial charge in [-0.1, -0.05) is 13.8 Å². The number of nitrogens with two attached hydrogens (primary N) is 1. The molecule has 1 heterocycles. The van der Waals surface area contributed by atoms with Gasteiger partial charge in [-0.05, 0) is 18.9 Å². The smallest absolute Gasteiger partial charge is 0.259 e. The lowest BCUT2D eigenvalue weighted by Gasteiger charge is -2.48. The van der Waals surface area contributed by atoms with Gasteiger partial charge in [0.15, 0.2) is 5.78 Å². The second-order valence-electron chi connectivity index (χ2n) is 7.51. The van der Waals surface area contributed by atoms with Crippen molar-refractivity contribution in [2.24, 2.45) is 17.1 Å². The molecule has 2 N–H and O–H groups in total. The van der Waals surface area contributed by atoms with E-state index in [4.69, 9.17) is 10.5 Å². The molecular formula is C16H22F2N2O3. The highest BCUT2D eigenvalue weighted by molar-refractivity contribution is 5.99. The van der Waals surface area contributed by atoms with Crippen LogP contribution in [-0.2, 0) is 14.3 Å². The molecule has 7 heteroatoms. The Kier molecular flexibility index (Phi) is 3.55. The lowest BCUT2D eigenvalue weighted by atomic mass is 9.70. The minimum absolute atomic E-state index is 0.115. The lowest BCUT2D eigenvalue weighted by Crippen LogP contribution is -2.60. The Morgan fingerprint density at radius 2 is 2.13 bits per heavy atom. The van der Waals surface area contributed by atoms with Gasteiger partial charge in [0.05, 0.1) is 18.8 Å². The van der Waals surface area contributed by atoms with Crippen molar-refractivity contribution in [3.05, 3.63) is 11.8 Å². The Balaban J connectivity index is 1.81. The van der Waals surface area contributed by atoms with Crippen LogP contribution in [0.2, 0.25) is 0 Å². The SMILES string of the molecule is CC1(C)CC2(C=C(N)C1=O)CN(C(=O)C1CCC1(F)F)CCO2. The average molecular weight is 328 g/mol. The molecule has 3 rings (SSSR count). The number of halogens is 2. The highest BCUT2D eigenvalue weighted by atomic mass is 19.3. The molecule has 0 aromatic heterocycles. The largest absolute Gasteiger partial charge is 0.396 e. The van der Waals surface area contributed by atoms with Gasteiger partial charge < -0.3 is 15.4 Å². The number of morpholine rings is 1. The zero-order valence-corrected chi connectivity index (χ0v) is 13.4. The third-order valence-electron chi connectivity index (χ3n) is 5.13. The maximum Gasteiger partial charge on any atom is 0.259 e. The summed E-state index contributed by atoms with van der Waals surface area (Å²) < 4.78 is 32.9. The van der Waals surface area contributed by atoms with Crippen LogP contribution >= 0.6 is 0 Å². The molecule has 5 nitrogen and oxygen atoms in total. The van der Waals surface area contributed by atoms with E-state index < -0.39 is 28.8 Å². The van der Waals surface area contributed by atoms with Crippen LogP contribution in [0.4, 0.5) is 8.78 Å². The van der Waals surface area contributed by atoms with Gasteiger partial charge in [0.2, 0.25) is 5.91 Å². The fourth-order valence-corrected chi connectivity index (χ4v) is 3.84. The topological polar surface area (TPSA) is 72.6 Å². The number of ketones is 1. The van der Waals surface area contributed by atoms with Crippen molar-refractivity contribution in [2.75, 3.05) is 19.7 Å². The number of carbonyl (C=O) groups excluding carboxylic acids is 2. The molecule has 23 heavy (non-hydrogen) atoms. The van der Waals surface area contributed by atoms with Gasteiger partial charge in [-0.3, -0.25) is 9.59 Å². The van der Waals surface area contributed by atoms with Crippen molar-refractivity contribution < 1.29 is 23.1 Å². The normalized spacial score (nSPS) is 35.7. The molecule has 3 aliphatic rings. The van der Waals surface area contributed by atoms with E-state index in [0.717, 1.165) is 0 Å². The fourth-order valence-electron chi connectivity index (χ4n) is 3.84. The van der Waals surface area contributed by atoms with Crippen LogP contribution in [0, 0.1) is 11.3 Å². The molecule has 1 spiro atoms. The highest BCUT2D eigenvalue weighted by Gasteiger charge is 2.55. The minimum atomic E-state index is -2.90. The summed E-state index contributed by atoms with van der Waals surface area (Å²) in [5.41, 5.74) is 4.37. The molecule has 128 valence electrons. The van der Waals surface area contributed by atoms with E-state index in [-0.39, 0.29) is 44.0 Å². The standard InChI is InChI=1S/C16H22F2N2O3/c1-14(2)8-15(7-11(19)12(14)21)9-20(5-6-23-15)13(22)10-3-4-16(10,17)18/h7,10H,3-6,8-9,19H2,1-2H3. The summed E-state index contributed by atoms with van der Waals surface area (Å²) in [5.74, 6) is -4.80. The number of rotatable bonds is 1. The number of hydrogen-bond acceptors (Lipinski definition) is 4. The summed E-state index contributed by atoms with van der Waals surface area (Å²) in [6, 6.07) is 0. The molecular weight excluding hydrogens is 306 g/mol. The van der Waals surface area contributed by atoms with Gasteiger partial charge in [0.1, 0.15) is 11.5 Å². The summed E-state index contributed by atoms with van der Waals surface area (Å²) in [7, 11) is 0. The van der Waals surface area contributed by atoms with E-state index in [9.17, 15) is 18.4 Å². The van der Waals surface area contributed by atoms with E-state index in [1.165, 1.54) is 4.90 Å². The molecule has 2 aliphatic carbocycles. The maximum atomic E-state index is 13.5. The van der Waals surface area contributed by atoms with Crippen molar-refractivity contribution >= 4 is 11.7 Å². The van der Waals surface area contributed by atoms with Crippen molar-refractivity contribution in [1.29, 1.82) is 0 Å². The number of alkyl halides is 2. The Labute approximate surface area is 133 Å². The number of amides is 1. The van der Waals surface area contributed by atoms with E-state index in [1.807, 2.05) is 0 Å².